The Kier molecular flexibility index (Phi) is 4.78. The van der Waals surface area contributed by atoms with Crippen molar-refractivity contribution in [1.82, 2.24) is 0 Å². The van der Waals surface area contributed by atoms with Gasteiger partial charge < -0.3 is 4.18 Å². The first-order valence-corrected chi connectivity index (χ1v) is 12.1. The van der Waals surface area contributed by atoms with Gasteiger partial charge in [-0.3, -0.25) is 9.11 Å². The highest BCUT2D eigenvalue weighted by molar-refractivity contribution is 7.81. The molecule has 156 valence electrons. The van der Waals surface area contributed by atoms with Crippen LogP contribution in [0.5, 0.6) is 5.75 Å². The van der Waals surface area contributed by atoms with Crippen LogP contribution in [0.25, 0.3) is 0 Å². The third kappa shape index (κ3) is 3.68. The first-order chi connectivity index (χ1) is 13.0. The first-order valence-electron chi connectivity index (χ1n) is 9.42. The lowest BCUT2D eigenvalue weighted by atomic mass is 9.55. The van der Waals surface area contributed by atoms with Gasteiger partial charge in [0, 0.05) is 0 Å². The lowest BCUT2D eigenvalue weighted by Gasteiger charge is -2.50. The van der Waals surface area contributed by atoms with Gasteiger partial charge in [0.2, 0.25) is 0 Å². The van der Waals surface area contributed by atoms with Gasteiger partial charge in [0.15, 0.2) is 0 Å². The van der Waals surface area contributed by atoms with Crippen LogP contribution in [0.1, 0.15) is 56.1 Å². The molecule has 28 heavy (non-hydrogen) atoms. The maximum absolute atomic E-state index is 11.2. The van der Waals surface area contributed by atoms with E-state index in [2.05, 4.69) is 11.1 Å². The molecule has 10 heteroatoms. The largest absolute Gasteiger partial charge is 0.446 e. The van der Waals surface area contributed by atoms with E-state index in [0.717, 1.165) is 37.7 Å². The highest BCUT2D eigenvalue weighted by atomic mass is 32.3. The van der Waals surface area contributed by atoms with Gasteiger partial charge in [-0.1, -0.05) is 13.0 Å². The summed E-state index contributed by atoms with van der Waals surface area (Å²) in [6, 6.07) is 5.10. The van der Waals surface area contributed by atoms with Gasteiger partial charge in [0.1, 0.15) is 5.75 Å². The van der Waals surface area contributed by atoms with Crippen LogP contribution >= 0.6 is 0 Å². The summed E-state index contributed by atoms with van der Waals surface area (Å²) in [5.41, 5.74) is 1.90. The molecule has 1 aromatic carbocycles. The zero-order valence-electron chi connectivity index (χ0n) is 15.4. The highest BCUT2D eigenvalue weighted by Crippen LogP contribution is 2.61. The van der Waals surface area contributed by atoms with Crippen LogP contribution in [0.4, 0.5) is 0 Å². The van der Waals surface area contributed by atoms with Gasteiger partial charge in [-0.25, -0.2) is 4.18 Å². The van der Waals surface area contributed by atoms with Crippen molar-refractivity contribution in [1.29, 1.82) is 0 Å². The summed E-state index contributed by atoms with van der Waals surface area (Å²) in [4.78, 5) is 0. The normalized spacial score (nSPS) is 35.0. The summed E-state index contributed by atoms with van der Waals surface area (Å²) >= 11 is 0. The Balaban J connectivity index is 1.59. The molecular formula is C18H24O8S2. The van der Waals surface area contributed by atoms with Crippen LogP contribution in [-0.2, 0) is 31.4 Å². The Labute approximate surface area is 165 Å². The van der Waals surface area contributed by atoms with Crippen LogP contribution in [0.15, 0.2) is 18.2 Å². The third-order valence-corrected chi connectivity index (χ3v) is 7.93. The van der Waals surface area contributed by atoms with E-state index in [0.29, 0.717) is 24.2 Å². The number of hydrogen-bond donors (Lipinski definition) is 2. The minimum absolute atomic E-state index is 0.0998. The van der Waals surface area contributed by atoms with Crippen LogP contribution in [0.2, 0.25) is 0 Å². The van der Waals surface area contributed by atoms with Crippen molar-refractivity contribution >= 4 is 20.8 Å². The van der Waals surface area contributed by atoms with Crippen LogP contribution < -0.4 is 4.18 Å². The van der Waals surface area contributed by atoms with Crippen molar-refractivity contribution in [2.45, 2.75) is 57.5 Å². The van der Waals surface area contributed by atoms with E-state index >= 15 is 0 Å². The summed E-state index contributed by atoms with van der Waals surface area (Å²) in [6.07, 6.45) is 4.30. The molecule has 3 unspecified atom stereocenters. The Morgan fingerprint density at radius 3 is 2.46 bits per heavy atom. The predicted molar refractivity (Wildman–Crippen MR) is 99.7 cm³/mol. The second kappa shape index (κ2) is 6.66. The summed E-state index contributed by atoms with van der Waals surface area (Å²) in [7, 11) is -9.03. The fourth-order valence-corrected chi connectivity index (χ4v) is 6.95. The molecular weight excluding hydrogens is 408 g/mol. The highest BCUT2D eigenvalue weighted by Gasteiger charge is 2.56. The van der Waals surface area contributed by atoms with Crippen molar-refractivity contribution < 1.29 is 34.3 Å². The third-order valence-electron chi connectivity index (χ3n) is 7.05. The zero-order chi connectivity index (χ0) is 20.3. The van der Waals surface area contributed by atoms with Crippen molar-refractivity contribution in [3.05, 3.63) is 29.3 Å². The second-order valence-electron chi connectivity index (χ2n) is 8.42. The van der Waals surface area contributed by atoms with Crippen LogP contribution in [0, 0.1) is 17.3 Å². The van der Waals surface area contributed by atoms with E-state index in [1.165, 1.54) is 5.56 Å². The van der Waals surface area contributed by atoms with Crippen molar-refractivity contribution in [3.63, 3.8) is 0 Å². The fourth-order valence-electron chi connectivity index (χ4n) is 5.99. The van der Waals surface area contributed by atoms with E-state index in [-0.39, 0.29) is 11.2 Å². The van der Waals surface area contributed by atoms with Gasteiger partial charge in [-0.05, 0) is 85.0 Å². The van der Waals surface area contributed by atoms with Gasteiger partial charge in [-0.2, -0.15) is 16.8 Å². The predicted octanol–water partition coefficient (Wildman–Crippen LogP) is 2.91. The van der Waals surface area contributed by atoms with E-state index in [1.54, 1.807) is 12.1 Å². The number of rotatable bonds is 4. The zero-order valence-corrected chi connectivity index (χ0v) is 17.1. The molecule has 0 bridgehead atoms. The standard InChI is InChI=1S/C18H24O8S2/c1-18-9-8-14-13-5-3-12(25-27(19,20)21)10-11(13)2-4-15(14)16(18)6-7-17(18)26-28(22,23)24/h3,5,10,14-17H,2,4,6-9H2,1H3,(H,19,20,21)(H,22,23,24)/t14?,15?,16?,17-,18-/m0/s1. The summed E-state index contributed by atoms with van der Waals surface area (Å²) in [5.74, 6) is 1.10. The summed E-state index contributed by atoms with van der Waals surface area (Å²) in [5, 5.41) is 0. The van der Waals surface area contributed by atoms with Crippen LogP contribution in [0.3, 0.4) is 0 Å². The molecule has 8 nitrogen and oxygen atoms in total. The number of fused-ring (bicyclic) bond motifs is 5. The Bertz CT molecular complexity index is 987. The molecule has 0 aromatic heterocycles. The fraction of sp³-hybridized carbons (Fsp3) is 0.667. The first kappa shape index (κ1) is 20.1. The van der Waals surface area contributed by atoms with Crippen molar-refractivity contribution in [3.8, 4) is 5.75 Å². The van der Waals surface area contributed by atoms with E-state index in [1.807, 2.05) is 6.07 Å². The minimum Gasteiger partial charge on any atom is -0.362 e. The molecule has 0 saturated heterocycles. The molecule has 3 aliphatic rings. The number of benzene rings is 1. The van der Waals surface area contributed by atoms with E-state index < -0.39 is 26.9 Å². The van der Waals surface area contributed by atoms with Gasteiger partial charge >= 0.3 is 20.8 Å². The number of aryl methyl sites for hydroxylation is 1. The smallest absolute Gasteiger partial charge is 0.362 e. The molecule has 0 heterocycles. The molecule has 3 aliphatic carbocycles. The maximum atomic E-state index is 11.2. The molecule has 4 rings (SSSR count). The Morgan fingerprint density at radius 2 is 1.79 bits per heavy atom. The Hall–Kier alpha value is -1.20. The SMILES string of the molecule is C[C@]12CCC3c4ccc(OS(=O)(=O)O)cc4CCC3C1CC[C@@H]2OS(=O)(=O)O. The molecule has 2 N–H and O–H groups in total. The minimum atomic E-state index is -4.55. The van der Waals surface area contributed by atoms with Crippen molar-refractivity contribution in [2.24, 2.45) is 17.3 Å². The topological polar surface area (TPSA) is 127 Å². The van der Waals surface area contributed by atoms with Gasteiger partial charge in [0.25, 0.3) is 0 Å². The van der Waals surface area contributed by atoms with Crippen LogP contribution in [-0.4, -0.2) is 32.0 Å². The van der Waals surface area contributed by atoms with Crippen molar-refractivity contribution in [2.75, 3.05) is 0 Å². The maximum Gasteiger partial charge on any atom is 0.446 e. The Morgan fingerprint density at radius 1 is 1.04 bits per heavy atom. The molecule has 2 fully saturated rings. The molecule has 0 radical (unpaired) electrons. The quantitative estimate of drug-likeness (QED) is 0.695. The molecule has 2 saturated carbocycles. The lowest BCUT2D eigenvalue weighted by Crippen LogP contribution is -2.45. The molecule has 0 spiro atoms. The average Bonchev–Trinajstić information content (AvgIpc) is 2.88. The van der Waals surface area contributed by atoms with Gasteiger partial charge in [-0.15, -0.1) is 0 Å². The lowest BCUT2D eigenvalue weighted by molar-refractivity contribution is -0.0121. The van der Waals surface area contributed by atoms with E-state index in [4.69, 9.17) is 13.3 Å². The summed E-state index contributed by atoms with van der Waals surface area (Å²) in [6.45, 7) is 2.06. The van der Waals surface area contributed by atoms with Gasteiger partial charge in [0.05, 0.1) is 6.10 Å². The summed E-state index contributed by atoms with van der Waals surface area (Å²) < 4.78 is 72.0. The second-order valence-corrected chi connectivity index (χ2v) is 10.5. The van der Waals surface area contributed by atoms with E-state index in [9.17, 15) is 16.8 Å². The molecule has 5 atom stereocenters. The average molecular weight is 433 g/mol. The molecule has 1 aromatic rings. The number of hydrogen-bond acceptors (Lipinski definition) is 6. The molecule has 0 aliphatic heterocycles. The monoisotopic (exact) mass is 432 g/mol. The molecule has 0 amide bonds.